The number of nitrogens with one attached hydrogen (secondary N) is 2. The first-order chi connectivity index (χ1) is 10.6. The summed E-state index contributed by atoms with van der Waals surface area (Å²) >= 11 is 1.90. The van der Waals surface area contributed by atoms with Gasteiger partial charge in [0.05, 0.1) is 0 Å². The second-order valence-corrected chi connectivity index (χ2v) is 7.50. The summed E-state index contributed by atoms with van der Waals surface area (Å²) in [7, 11) is 1.84. The predicted octanol–water partition coefficient (Wildman–Crippen LogP) is 2.71. The number of rotatable bonds is 6. The molecule has 0 fully saturated rings. The summed E-state index contributed by atoms with van der Waals surface area (Å²) in [6.45, 7) is 10.9. The van der Waals surface area contributed by atoms with Crippen LogP contribution in [0.1, 0.15) is 37.6 Å². The monoisotopic (exact) mass is 322 g/mol. The Bertz CT molecular complexity index is 481. The van der Waals surface area contributed by atoms with Crippen molar-refractivity contribution < 1.29 is 0 Å². The molecule has 0 aromatic carbocycles. The zero-order chi connectivity index (χ0) is 15.9. The van der Waals surface area contributed by atoms with Crippen LogP contribution in [0.25, 0.3) is 0 Å². The summed E-state index contributed by atoms with van der Waals surface area (Å²) in [4.78, 5) is 8.44. The van der Waals surface area contributed by atoms with Crippen LogP contribution in [0.2, 0.25) is 0 Å². The fourth-order valence-corrected chi connectivity index (χ4v) is 3.61. The maximum absolute atomic E-state index is 4.31. The molecule has 0 amide bonds. The van der Waals surface area contributed by atoms with Gasteiger partial charge >= 0.3 is 0 Å². The Morgan fingerprint density at radius 1 is 1.36 bits per heavy atom. The topological polar surface area (TPSA) is 39.7 Å². The second-order valence-electron chi connectivity index (χ2n) is 6.50. The van der Waals surface area contributed by atoms with Crippen molar-refractivity contribution in [2.24, 2.45) is 10.9 Å². The zero-order valence-corrected chi connectivity index (χ0v) is 15.2. The van der Waals surface area contributed by atoms with E-state index in [1.807, 2.05) is 18.4 Å². The predicted molar refractivity (Wildman–Crippen MR) is 96.7 cm³/mol. The molecule has 22 heavy (non-hydrogen) atoms. The van der Waals surface area contributed by atoms with Gasteiger partial charge in [0.15, 0.2) is 5.96 Å². The van der Waals surface area contributed by atoms with Crippen molar-refractivity contribution in [2.45, 2.75) is 46.2 Å². The van der Waals surface area contributed by atoms with E-state index in [4.69, 9.17) is 0 Å². The average molecular weight is 323 g/mol. The Hall–Kier alpha value is -1.07. The number of guanidine groups is 1. The third-order valence-electron chi connectivity index (χ3n) is 4.26. The van der Waals surface area contributed by atoms with Gasteiger partial charge in [0.25, 0.3) is 0 Å². The molecule has 4 nitrogen and oxygen atoms in total. The van der Waals surface area contributed by atoms with E-state index in [1.54, 1.807) is 4.88 Å². The number of fused-ring (bicyclic) bond motifs is 1. The lowest BCUT2D eigenvalue weighted by atomic mass is 10.1. The van der Waals surface area contributed by atoms with E-state index < -0.39 is 0 Å². The normalized spacial score (nSPS) is 17.4. The van der Waals surface area contributed by atoms with Crippen LogP contribution in [-0.2, 0) is 13.0 Å². The van der Waals surface area contributed by atoms with Gasteiger partial charge in [-0.15, -0.1) is 11.3 Å². The van der Waals surface area contributed by atoms with Gasteiger partial charge in [0.2, 0.25) is 0 Å². The fraction of sp³-hybridized carbons (Fsp3) is 0.706. The molecule has 0 saturated heterocycles. The van der Waals surface area contributed by atoms with E-state index in [9.17, 15) is 0 Å². The van der Waals surface area contributed by atoms with Crippen LogP contribution in [0, 0.1) is 5.92 Å². The quantitative estimate of drug-likeness (QED) is 0.625. The molecule has 0 bridgehead atoms. The molecule has 0 aliphatic carbocycles. The van der Waals surface area contributed by atoms with Crippen molar-refractivity contribution >= 4 is 17.3 Å². The average Bonchev–Trinajstić information content (AvgIpc) is 2.97. The molecule has 1 aliphatic rings. The Labute approximate surface area is 139 Å². The molecule has 2 rings (SSSR count). The first-order valence-corrected chi connectivity index (χ1v) is 9.22. The molecule has 1 aliphatic heterocycles. The molecule has 1 aromatic heterocycles. The van der Waals surface area contributed by atoms with Crippen molar-refractivity contribution in [3.05, 3.63) is 21.9 Å². The molecule has 0 radical (unpaired) electrons. The molecule has 124 valence electrons. The number of aliphatic imine (C=N–C) groups is 1. The molecule has 2 heterocycles. The van der Waals surface area contributed by atoms with Crippen LogP contribution in [0.3, 0.4) is 0 Å². The minimum atomic E-state index is 0.511. The van der Waals surface area contributed by atoms with Crippen molar-refractivity contribution in [1.29, 1.82) is 0 Å². The fourth-order valence-electron chi connectivity index (χ4n) is 2.72. The van der Waals surface area contributed by atoms with E-state index in [2.05, 4.69) is 52.7 Å². The van der Waals surface area contributed by atoms with Crippen LogP contribution in [-0.4, -0.2) is 43.6 Å². The Morgan fingerprint density at radius 2 is 2.18 bits per heavy atom. The van der Waals surface area contributed by atoms with E-state index in [0.717, 1.165) is 38.1 Å². The molecule has 2 N–H and O–H groups in total. The Morgan fingerprint density at radius 3 is 2.91 bits per heavy atom. The molecular weight excluding hydrogens is 292 g/mol. The van der Waals surface area contributed by atoms with Gasteiger partial charge in [0, 0.05) is 44.1 Å². The third-order valence-corrected chi connectivity index (χ3v) is 5.29. The number of thiophene rings is 1. The molecule has 1 aromatic rings. The summed E-state index contributed by atoms with van der Waals surface area (Å²) in [6, 6.07) is 2.79. The Kier molecular flexibility index (Phi) is 6.70. The minimum absolute atomic E-state index is 0.511. The van der Waals surface area contributed by atoms with Crippen molar-refractivity contribution in [3.8, 4) is 0 Å². The summed E-state index contributed by atoms with van der Waals surface area (Å²) < 4.78 is 0. The van der Waals surface area contributed by atoms with Gasteiger partial charge in [-0.2, -0.15) is 0 Å². The van der Waals surface area contributed by atoms with Gasteiger partial charge in [-0.1, -0.05) is 13.8 Å². The van der Waals surface area contributed by atoms with Crippen LogP contribution in [0.5, 0.6) is 0 Å². The maximum atomic E-state index is 4.31. The van der Waals surface area contributed by atoms with Crippen LogP contribution >= 0.6 is 11.3 Å². The Balaban J connectivity index is 1.74. The van der Waals surface area contributed by atoms with Crippen LogP contribution in [0.15, 0.2) is 16.4 Å². The van der Waals surface area contributed by atoms with Crippen molar-refractivity contribution in [1.82, 2.24) is 15.5 Å². The first-order valence-electron chi connectivity index (χ1n) is 8.34. The lowest BCUT2D eigenvalue weighted by Crippen LogP contribution is -2.47. The lowest BCUT2D eigenvalue weighted by molar-refractivity contribution is 0.192. The van der Waals surface area contributed by atoms with Crippen LogP contribution < -0.4 is 10.6 Å². The van der Waals surface area contributed by atoms with Gasteiger partial charge in [-0.05, 0) is 42.7 Å². The van der Waals surface area contributed by atoms with Crippen molar-refractivity contribution in [3.63, 3.8) is 0 Å². The zero-order valence-electron chi connectivity index (χ0n) is 14.4. The summed E-state index contributed by atoms with van der Waals surface area (Å²) in [5, 5.41) is 9.07. The standard InChI is InChI=1S/C17H30N4S/c1-13(2)5-8-19-17(18-4)20-11-14(3)21-9-6-16-15(12-21)7-10-22-16/h7,10,13-14H,5-6,8-9,11-12H2,1-4H3,(H2,18,19,20). The van der Waals surface area contributed by atoms with E-state index in [1.165, 1.54) is 18.4 Å². The van der Waals surface area contributed by atoms with Gasteiger partial charge in [-0.3, -0.25) is 9.89 Å². The number of hydrogen-bond acceptors (Lipinski definition) is 3. The molecule has 1 atom stereocenters. The largest absolute Gasteiger partial charge is 0.356 e. The highest BCUT2D eigenvalue weighted by atomic mass is 32.1. The highest BCUT2D eigenvalue weighted by Gasteiger charge is 2.21. The molecule has 5 heteroatoms. The smallest absolute Gasteiger partial charge is 0.191 e. The van der Waals surface area contributed by atoms with Gasteiger partial charge < -0.3 is 10.6 Å². The third kappa shape index (κ3) is 4.99. The minimum Gasteiger partial charge on any atom is -0.356 e. The van der Waals surface area contributed by atoms with Crippen molar-refractivity contribution in [2.75, 3.05) is 26.7 Å². The summed E-state index contributed by atoms with van der Waals surface area (Å²) in [5.41, 5.74) is 1.52. The first kappa shape index (κ1) is 17.3. The van der Waals surface area contributed by atoms with E-state index >= 15 is 0 Å². The van der Waals surface area contributed by atoms with E-state index in [-0.39, 0.29) is 0 Å². The summed E-state index contributed by atoms with van der Waals surface area (Å²) in [5.74, 6) is 1.64. The van der Waals surface area contributed by atoms with E-state index in [0.29, 0.717) is 6.04 Å². The highest BCUT2D eigenvalue weighted by molar-refractivity contribution is 7.10. The van der Waals surface area contributed by atoms with Gasteiger partial charge in [0.1, 0.15) is 0 Å². The molecule has 1 unspecified atom stereocenters. The molecule has 0 spiro atoms. The lowest BCUT2D eigenvalue weighted by Gasteiger charge is -2.32. The number of hydrogen-bond donors (Lipinski definition) is 2. The maximum Gasteiger partial charge on any atom is 0.191 e. The highest BCUT2D eigenvalue weighted by Crippen LogP contribution is 2.24. The molecule has 0 saturated carbocycles. The molecular formula is C17H30N4S. The van der Waals surface area contributed by atoms with Gasteiger partial charge in [-0.25, -0.2) is 0 Å². The van der Waals surface area contributed by atoms with Crippen LogP contribution in [0.4, 0.5) is 0 Å². The SMILES string of the molecule is CN=C(NCCC(C)C)NCC(C)N1CCc2sccc2C1. The number of nitrogens with zero attached hydrogens (tertiary/aromatic N) is 2. The summed E-state index contributed by atoms with van der Waals surface area (Å²) in [6.07, 6.45) is 2.36. The second kappa shape index (κ2) is 8.53.